The van der Waals surface area contributed by atoms with Gasteiger partial charge in [0.15, 0.2) is 0 Å². The van der Waals surface area contributed by atoms with Crippen molar-refractivity contribution in [3.63, 3.8) is 0 Å². The highest BCUT2D eigenvalue weighted by Crippen LogP contribution is 2.05. The molecule has 0 fully saturated rings. The summed E-state index contributed by atoms with van der Waals surface area (Å²) in [6, 6.07) is 0. The molecule has 0 saturated heterocycles. The quantitative estimate of drug-likeness (QED) is 0.403. The van der Waals surface area contributed by atoms with Crippen molar-refractivity contribution in [1.29, 1.82) is 0 Å². The van der Waals surface area contributed by atoms with Crippen molar-refractivity contribution in [3.8, 4) is 0 Å². The first-order valence-electron chi connectivity index (χ1n) is 6.45. The van der Waals surface area contributed by atoms with Crippen LogP contribution in [-0.4, -0.2) is 26.3 Å². The highest BCUT2D eigenvalue weighted by molar-refractivity contribution is 5.68. The van der Waals surface area contributed by atoms with Crippen LogP contribution in [0.3, 0.4) is 0 Å². The van der Waals surface area contributed by atoms with Crippen molar-refractivity contribution in [3.05, 3.63) is 0 Å². The Morgan fingerprint density at radius 2 is 1.56 bits per heavy atom. The molecule has 16 heavy (non-hydrogen) atoms. The molecule has 0 unspecified atom stereocenters. The van der Waals surface area contributed by atoms with Crippen LogP contribution in [0.25, 0.3) is 0 Å². The van der Waals surface area contributed by atoms with Gasteiger partial charge in [0.25, 0.3) is 0 Å². The molecule has 0 bridgehead atoms. The van der Waals surface area contributed by atoms with Crippen LogP contribution >= 0.6 is 0 Å². The molecule has 96 valence electrons. The minimum absolute atomic E-state index is 0.150. The summed E-state index contributed by atoms with van der Waals surface area (Å²) in [7, 11) is 1.42. The Labute approximate surface area is 99.5 Å². The van der Waals surface area contributed by atoms with Crippen molar-refractivity contribution < 1.29 is 14.3 Å². The number of hydrogen-bond acceptors (Lipinski definition) is 3. The third kappa shape index (κ3) is 11.5. The van der Waals surface area contributed by atoms with Crippen LogP contribution in [0.4, 0.5) is 0 Å². The fourth-order valence-corrected chi connectivity index (χ4v) is 1.51. The molecule has 0 saturated carbocycles. The molecule has 0 aliphatic heterocycles. The number of esters is 1. The highest BCUT2D eigenvalue weighted by atomic mass is 16.5. The van der Waals surface area contributed by atoms with Gasteiger partial charge in [-0.15, -0.1) is 0 Å². The van der Waals surface area contributed by atoms with Gasteiger partial charge in [-0.3, -0.25) is 4.79 Å². The van der Waals surface area contributed by atoms with E-state index in [-0.39, 0.29) is 5.97 Å². The van der Waals surface area contributed by atoms with E-state index in [4.69, 9.17) is 4.74 Å². The van der Waals surface area contributed by atoms with Gasteiger partial charge in [0.2, 0.25) is 0 Å². The van der Waals surface area contributed by atoms with E-state index in [1.54, 1.807) is 0 Å². The zero-order chi connectivity index (χ0) is 12.1. The van der Waals surface area contributed by atoms with Gasteiger partial charge >= 0.3 is 5.97 Å². The predicted octanol–water partition coefficient (Wildman–Crippen LogP) is 3.32. The van der Waals surface area contributed by atoms with Gasteiger partial charge < -0.3 is 9.47 Å². The first kappa shape index (κ1) is 15.4. The Bertz CT molecular complexity index is 157. The van der Waals surface area contributed by atoms with Crippen LogP contribution < -0.4 is 0 Å². The summed E-state index contributed by atoms with van der Waals surface area (Å²) in [5.41, 5.74) is 0. The van der Waals surface area contributed by atoms with Crippen LogP contribution in [0.1, 0.15) is 58.3 Å². The van der Waals surface area contributed by atoms with Gasteiger partial charge in [-0.25, -0.2) is 0 Å². The molecule has 0 amide bonds. The van der Waals surface area contributed by atoms with Crippen LogP contribution in [-0.2, 0) is 14.3 Å². The Morgan fingerprint density at radius 1 is 0.938 bits per heavy atom. The largest absolute Gasteiger partial charge is 0.469 e. The summed E-state index contributed by atoms with van der Waals surface area (Å²) in [6.07, 6.45) is 8.94. The Morgan fingerprint density at radius 3 is 2.25 bits per heavy atom. The van der Waals surface area contributed by atoms with Gasteiger partial charge in [-0.05, 0) is 12.8 Å². The number of carbonyl (C=O) groups excluding carboxylic acids is 1. The maximum Gasteiger partial charge on any atom is 0.305 e. The van der Waals surface area contributed by atoms with Crippen LogP contribution in [0.5, 0.6) is 0 Å². The van der Waals surface area contributed by atoms with Crippen LogP contribution in [0.15, 0.2) is 0 Å². The average Bonchev–Trinajstić information content (AvgIpc) is 2.31. The molecule has 0 aromatic rings. The van der Waals surface area contributed by atoms with E-state index in [0.717, 1.165) is 19.4 Å². The molecule has 0 spiro atoms. The average molecular weight is 230 g/mol. The Balaban J connectivity index is 2.96. The number of methoxy groups -OCH3 is 1. The van der Waals surface area contributed by atoms with Gasteiger partial charge in [-0.2, -0.15) is 0 Å². The van der Waals surface area contributed by atoms with Gasteiger partial charge in [-0.1, -0.05) is 39.0 Å². The van der Waals surface area contributed by atoms with Crippen molar-refractivity contribution >= 4 is 5.97 Å². The molecule has 0 rings (SSSR count). The lowest BCUT2D eigenvalue weighted by atomic mass is 10.1. The molecule has 0 aliphatic rings. The van der Waals surface area contributed by atoms with Crippen molar-refractivity contribution in [2.75, 3.05) is 20.3 Å². The predicted molar refractivity (Wildman–Crippen MR) is 65.4 cm³/mol. The Kier molecular flexibility index (Phi) is 12.1. The normalized spacial score (nSPS) is 10.4. The molecule has 0 heterocycles. The van der Waals surface area contributed by atoms with E-state index < -0.39 is 0 Å². The maximum atomic E-state index is 10.8. The minimum Gasteiger partial charge on any atom is -0.469 e. The molecule has 0 radical (unpaired) electrons. The van der Waals surface area contributed by atoms with Gasteiger partial charge in [0, 0.05) is 19.6 Å². The van der Waals surface area contributed by atoms with Gasteiger partial charge in [0.1, 0.15) is 0 Å². The zero-order valence-corrected chi connectivity index (χ0v) is 10.8. The first-order valence-corrected chi connectivity index (χ1v) is 6.45. The van der Waals surface area contributed by atoms with E-state index >= 15 is 0 Å². The fraction of sp³-hybridized carbons (Fsp3) is 0.923. The summed E-state index contributed by atoms with van der Waals surface area (Å²) in [6.45, 7) is 3.72. The monoisotopic (exact) mass is 230 g/mol. The third-order valence-corrected chi connectivity index (χ3v) is 2.54. The van der Waals surface area contributed by atoms with Crippen LogP contribution in [0.2, 0.25) is 0 Å². The molecule has 3 heteroatoms. The number of unbranched alkanes of at least 4 members (excludes halogenated alkanes) is 5. The van der Waals surface area contributed by atoms with Crippen LogP contribution in [0, 0.1) is 0 Å². The number of rotatable bonds is 11. The molecule has 3 nitrogen and oxygen atoms in total. The molecule has 0 aliphatic carbocycles. The first-order chi connectivity index (χ1) is 7.81. The molecule has 0 aromatic heterocycles. The van der Waals surface area contributed by atoms with E-state index in [1.165, 1.54) is 39.2 Å². The van der Waals surface area contributed by atoms with Crippen molar-refractivity contribution in [2.24, 2.45) is 0 Å². The number of hydrogen-bond donors (Lipinski definition) is 0. The molecule has 0 N–H and O–H groups in total. The molecule has 0 atom stereocenters. The number of carbonyl (C=O) groups is 1. The third-order valence-electron chi connectivity index (χ3n) is 2.54. The lowest BCUT2D eigenvalue weighted by molar-refractivity contribution is -0.141. The zero-order valence-electron chi connectivity index (χ0n) is 10.8. The SMILES string of the molecule is CCCCCCCCOCCCC(=O)OC. The molecular weight excluding hydrogens is 204 g/mol. The van der Waals surface area contributed by atoms with E-state index in [2.05, 4.69) is 11.7 Å². The second kappa shape index (κ2) is 12.5. The topological polar surface area (TPSA) is 35.5 Å². The lowest BCUT2D eigenvalue weighted by Gasteiger charge is -2.03. The van der Waals surface area contributed by atoms with Gasteiger partial charge in [0.05, 0.1) is 7.11 Å². The standard InChI is InChI=1S/C13H26O3/c1-3-4-5-6-7-8-11-16-12-9-10-13(14)15-2/h3-12H2,1-2H3. The maximum absolute atomic E-state index is 10.8. The fourth-order valence-electron chi connectivity index (χ4n) is 1.51. The summed E-state index contributed by atoms with van der Waals surface area (Å²) in [5, 5.41) is 0. The Hall–Kier alpha value is -0.570. The number of ether oxygens (including phenoxy) is 2. The van der Waals surface area contributed by atoms with E-state index in [0.29, 0.717) is 13.0 Å². The summed E-state index contributed by atoms with van der Waals surface area (Å²) >= 11 is 0. The highest BCUT2D eigenvalue weighted by Gasteiger charge is 1.98. The van der Waals surface area contributed by atoms with Crippen molar-refractivity contribution in [2.45, 2.75) is 58.3 Å². The van der Waals surface area contributed by atoms with E-state index in [9.17, 15) is 4.79 Å². The second-order valence-electron chi connectivity index (χ2n) is 4.06. The minimum atomic E-state index is -0.150. The summed E-state index contributed by atoms with van der Waals surface area (Å²) in [5.74, 6) is -0.150. The molecular formula is C13H26O3. The lowest BCUT2D eigenvalue weighted by Crippen LogP contribution is -2.03. The summed E-state index contributed by atoms with van der Waals surface area (Å²) in [4.78, 5) is 10.8. The van der Waals surface area contributed by atoms with Crippen molar-refractivity contribution in [1.82, 2.24) is 0 Å². The summed E-state index contributed by atoms with van der Waals surface area (Å²) < 4.78 is 9.97. The van der Waals surface area contributed by atoms with E-state index in [1.807, 2.05) is 0 Å². The second-order valence-corrected chi connectivity index (χ2v) is 4.06. The smallest absolute Gasteiger partial charge is 0.305 e. The molecule has 0 aromatic carbocycles.